The molecule has 1 aliphatic carbocycles. The second-order valence-electron chi connectivity index (χ2n) is 4.88. The van der Waals surface area contributed by atoms with Gasteiger partial charge in [-0.1, -0.05) is 25.9 Å². The van der Waals surface area contributed by atoms with Crippen LogP contribution in [0.15, 0.2) is 4.52 Å². The number of nitrogens with zero attached hydrogens (tertiary/aromatic N) is 2. The highest BCUT2D eigenvalue weighted by atomic mass is 19.3. The Bertz CT molecular complexity index is 365. The van der Waals surface area contributed by atoms with E-state index in [0.29, 0.717) is 11.7 Å². The van der Waals surface area contributed by atoms with Crippen molar-refractivity contribution in [2.45, 2.75) is 50.9 Å². The Kier molecular flexibility index (Phi) is 2.10. The summed E-state index contributed by atoms with van der Waals surface area (Å²) < 4.78 is 30.6. The van der Waals surface area contributed by atoms with E-state index in [4.69, 9.17) is 4.52 Å². The smallest absolute Gasteiger partial charge is 0.250 e. The summed E-state index contributed by atoms with van der Waals surface area (Å²) in [6.07, 6.45) is -0.367. The average Bonchev–Trinajstić information content (AvgIpc) is 2.47. The van der Waals surface area contributed by atoms with Gasteiger partial charge >= 0.3 is 0 Å². The Balaban J connectivity index is 2.17. The van der Waals surface area contributed by atoms with Crippen molar-refractivity contribution in [2.75, 3.05) is 0 Å². The van der Waals surface area contributed by atoms with E-state index in [1.165, 1.54) is 0 Å². The molecule has 0 radical (unpaired) electrons. The first-order chi connectivity index (χ1) is 6.82. The van der Waals surface area contributed by atoms with Crippen molar-refractivity contribution in [1.29, 1.82) is 0 Å². The van der Waals surface area contributed by atoms with Crippen LogP contribution in [0.1, 0.15) is 51.2 Å². The minimum atomic E-state index is -2.56. The summed E-state index contributed by atoms with van der Waals surface area (Å²) in [7, 11) is 0. The Morgan fingerprint density at radius 3 is 2.33 bits per heavy atom. The summed E-state index contributed by atoms with van der Waals surface area (Å²) in [5.74, 6) is -1.50. The molecule has 2 rings (SSSR count). The highest BCUT2D eigenvalue weighted by Crippen LogP contribution is 2.52. The molecule has 84 valence electrons. The van der Waals surface area contributed by atoms with E-state index in [-0.39, 0.29) is 18.8 Å². The van der Waals surface area contributed by atoms with Crippen LogP contribution in [-0.4, -0.2) is 16.1 Å². The highest BCUT2D eigenvalue weighted by molar-refractivity contribution is 5.15. The van der Waals surface area contributed by atoms with Crippen molar-refractivity contribution in [3.05, 3.63) is 11.7 Å². The lowest BCUT2D eigenvalue weighted by Crippen LogP contribution is -2.47. The molecule has 3 nitrogen and oxygen atoms in total. The van der Waals surface area contributed by atoms with Gasteiger partial charge in [-0.05, 0) is 0 Å². The van der Waals surface area contributed by atoms with E-state index < -0.39 is 11.3 Å². The molecule has 5 heteroatoms. The molecule has 0 spiro atoms. The topological polar surface area (TPSA) is 38.9 Å². The normalized spacial score (nSPS) is 22.8. The van der Waals surface area contributed by atoms with Gasteiger partial charge in [0.15, 0.2) is 5.82 Å². The van der Waals surface area contributed by atoms with E-state index >= 15 is 0 Å². The molecule has 1 aliphatic rings. The lowest BCUT2D eigenvalue weighted by atomic mass is 9.67. The standard InChI is InChI=1S/C10H14F2N2O/c1-6(2)7-13-8(14-15-7)9(3)4-10(11,12)5-9/h6H,4-5H2,1-3H3. The zero-order valence-electron chi connectivity index (χ0n) is 9.05. The van der Waals surface area contributed by atoms with Gasteiger partial charge < -0.3 is 4.52 Å². The van der Waals surface area contributed by atoms with Gasteiger partial charge in [0.05, 0.1) is 0 Å². The number of alkyl halides is 2. The van der Waals surface area contributed by atoms with Crippen LogP contribution < -0.4 is 0 Å². The zero-order chi connectivity index (χ0) is 11.3. The molecule has 1 heterocycles. The van der Waals surface area contributed by atoms with Crippen LogP contribution in [0.4, 0.5) is 8.78 Å². The molecule has 0 bridgehead atoms. The first-order valence-electron chi connectivity index (χ1n) is 5.04. The molecule has 0 unspecified atom stereocenters. The highest BCUT2D eigenvalue weighted by Gasteiger charge is 2.56. The summed E-state index contributed by atoms with van der Waals surface area (Å²) in [6, 6.07) is 0. The molecule has 1 fully saturated rings. The minimum Gasteiger partial charge on any atom is -0.339 e. The fourth-order valence-corrected chi connectivity index (χ4v) is 1.96. The molecular weight excluding hydrogens is 202 g/mol. The minimum absolute atomic E-state index is 0.135. The van der Waals surface area contributed by atoms with Gasteiger partial charge in [0.2, 0.25) is 11.8 Å². The fourth-order valence-electron chi connectivity index (χ4n) is 1.96. The van der Waals surface area contributed by atoms with Crippen molar-refractivity contribution < 1.29 is 13.3 Å². The van der Waals surface area contributed by atoms with E-state index in [1.807, 2.05) is 13.8 Å². The van der Waals surface area contributed by atoms with E-state index in [0.717, 1.165) is 0 Å². The molecule has 15 heavy (non-hydrogen) atoms. The van der Waals surface area contributed by atoms with E-state index in [1.54, 1.807) is 6.92 Å². The first-order valence-corrected chi connectivity index (χ1v) is 5.04. The molecule has 0 aliphatic heterocycles. The Labute approximate surface area is 86.9 Å². The molecule has 0 N–H and O–H groups in total. The van der Waals surface area contributed by atoms with Crippen LogP contribution in [0.25, 0.3) is 0 Å². The molecular formula is C10H14F2N2O. The third kappa shape index (κ3) is 1.75. The van der Waals surface area contributed by atoms with Crippen molar-refractivity contribution in [1.82, 2.24) is 10.1 Å². The summed E-state index contributed by atoms with van der Waals surface area (Å²) in [5, 5.41) is 3.78. The zero-order valence-corrected chi connectivity index (χ0v) is 9.05. The van der Waals surface area contributed by atoms with Crippen LogP contribution in [0.2, 0.25) is 0 Å². The summed E-state index contributed by atoms with van der Waals surface area (Å²) in [5.41, 5.74) is -0.611. The monoisotopic (exact) mass is 216 g/mol. The van der Waals surface area contributed by atoms with Crippen LogP contribution in [0.5, 0.6) is 0 Å². The number of aromatic nitrogens is 2. The first kappa shape index (κ1) is 10.5. The van der Waals surface area contributed by atoms with Gasteiger partial charge in [0.1, 0.15) is 0 Å². The summed E-state index contributed by atoms with van der Waals surface area (Å²) in [4.78, 5) is 4.16. The average molecular weight is 216 g/mol. The largest absolute Gasteiger partial charge is 0.339 e. The van der Waals surface area contributed by atoms with Crippen molar-refractivity contribution in [3.8, 4) is 0 Å². The molecule has 0 amide bonds. The van der Waals surface area contributed by atoms with Crippen molar-refractivity contribution in [3.63, 3.8) is 0 Å². The van der Waals surface area contributed by atoms with Gasteiger partial charge in [-0.2, -0.15) is 4.98 Å². The number of halogens is 2. The van der Waals surface area contributed by atoms with Crippen molar-refractivity contribution >= 4 is 0 Å². The van der Waals surface area contributed by atoms with Gasteiger partial charge in [0.25, 0.3) is 0 Å². The van der Waals surface area contributed by atoms with Crippen LogP contribution >= 0.6 is 0 Å². The van der Waals surface area contributed by atoms with Crippen LogP contribution in [0.3, 0.4) is 0 Å². The Morgan fingerprint density at radius 1 is 1.33 bits per heavy atom. The second-order valence-corrected chi connectivity index (χ2v) is 4.88. The number of rotatable bonds is 2. The van der Waals surface area contributed by atoms with Crippen molar-refractivity contribution in [2.24, 2.45) is 0 Å². The fraction of sp³-hybridized carbons (Fsp3) is 0.800. The third-order valence-corrected chi connectivity index (χ3v) is 2.77. The van der Waals surface area contributed by atoms with E-state index in [9.17, 15) is 8.78 Å². The Hall–Kier alpha value is -1.00. The SMILES string of the molecule is CC(C)c1nc(C2(C)CC(F)(F)C2)no1. The molecule has 1 aromatic heterocycles. The molecule has 0 atom stereocenters. The van der Waals surface area contributed by atoms with Gasteiger partial charge in [0, 0.05) is 24.2 Å². The van der Waals surface area contributed by atoms with Gasteiger partial charge in [-0.15, -0.1) is 0 Å². The second kappa shape index (κ2) is 3.00. The summed E-state index contributed by atoms with van der Waals surface area (Å²) >= 11 is 0. The molecule has 0 aromatic carbocycles. The molecule has 1 saturated carbocycles. The lowest BCUT2D eigenvalue weighted by Gasteiger charge is -2.42. The third-order valence-electron chi connectivity index (χ3n) is 2.77. The maximum atomic E-state index is 12.8. The van der Waals surface area contributed by atoms with Gasteiger partial charge in [-0.3, -0.25) is 0 Å². The summed E-state index contributed by atoms with van der Waals surface area (Å²) in [6.45, 7) is 5.60. The van der Waals surface area contributed by atoms with Gasteiger partial charge in [-0.25, -0.2) is 8.78 Å². The number of hydrogen-bond acceptors (Lipinski definition) is 3. The molecule has 0 saturated heterocycles. The quantitative estimate of drug-likeness (QED) is 0.763. The predicted octanol–water partition coefficient (Wildman–Crippen LogP) is 2.88. The Morgan fingerprint density at radius 2 is 1.93 bits per heavy atom. The molecule has 1 aromatic rings. The maximum Gasteiger partial charge on any atom is 0.250 e. The lowest BCUT2D eigenvalue weighted by molar-refractivity contribution is -0.123. The maximum absolute atomic E-state index is 12.8. The van der Waals surface area contributed by atoms with E-state index in [2.05, 4.69) is 10.1 Å². The predicted molar refractivity (Wildman–Crippen MR) is 49.9 cm³/mol. The van der Waals surface area contributed by atoms with Crippen LogP contribution in [0, 0.1) is 0 Å². The number of hydrogen-bond donors (Lipinski definition) is 0. The van der Waals surface area contributed by atoms with Crippen LogP contribution in [-0.2, 0) is 5.41 Å².